The van der Waals surface area contributed by atoms with Crippen LogP contribution in [0.4, 0.5) is 0 Å². The minimum absolute atomic E-state index is 0.106. The number of hydrogen-bond acceptors (Lipinski definition) is 3. The Bertz CT molecular complexity index is 662. The van der Waals surface area contributed by atoms with E-state index in [2.05, 4.69) is 6.07 Å². The normalized spacial score (nSPS) is 15.5. The molecule has 3 nitrogen and oxygen atoms in total. The van der Waals surface area contributed by atoms with Gasteiger partial charge in [0.25, 0.3) is 0 Å². The van der Waals surface area contributed by atoms with Crippen LogP contribution in [0.3, 0.4) is 0 Å². The molecule has 1 aromatic heterocycles. The van der Waals surface area contributed by atoms with Crippen LogP contribution in [-0.4, -0.2) is 25.3 Å². The molecule has 0 bridgehead atoms. The SMILES string of the molecule is O=S(=O)(Cc1ccccc1)N(CCc1cccs1)C1CC1. The fourth-order valence-electron chi connectivity index (χ4n) is 2.45. The summed E-state index contributed by atoms with van der Waals surface area (Å²) in [6.07, 6.45) is 2.80. The smallest absolute Gasteiger partial charge is 0.212 e. The molecular formula is C16H19NO2S2. The zero-order valence-electron chi connectivity index (χ0n) is 11.8. The molecule has 1 aliphatic rings. The summed E-state index contributed by atoms with van der Waals surface area (Å²) in [4.78, 5) is 1.25. The molecule has 1 saturated carbocycles. The molecule has 5 heteroatoms. The van der Waals surface area contributed by atoms with Crippen LogP contribution in [0.2, 0.25) is 0 Å². The minimum atomic E-state index is -3.23. The molecule has 0 atom stereocenters. The average Bonchev–Trinajstić information content (AvgIpc) is 3.14. The Kier molecular flexibility index (Phi) is 4.42. The first kappa shape index (κ1) is 14.8. The summed E-state index contributed by atoms with van der Waals surface area (Å²) in [5, 5.41) is 2.04. The molecule has 112 valence electrons. The molecule has 0 N–H and O–H groups in total. The van der Waals surface area contributed by atoms with Gasteiger partial charge < -0.3 is 0 Å². The van der Waals surface area contributed by atoms with Gasteiger partial charge in [-0.25, -0.2) is 8.42 Å². The summed E-state index contributed by atoms with van der Waals surface area (Å²) >= 11 is 1.69. The van der Waals surface area contributed by atoms with Gasteiger partial charge in [0.15, 0.2) is 0 Å². The van der Waals surface area contributed by atoms with E-state index in [1.165, 1.54) is 4.88 Å². The maximum absolute atomic E-state index is 12.7. The fourth-order valence-corrected chi connectivity index (χ4v) is 4.97. The van der Waals surface area contributed by atoms with Gasteiger partial charge >= 0.3 is 0 Å². The fraction of sp³-hybridized carbons (Fsp3) is 0.375. The lowest BCUT2D eigenvalue weighted by atomic mass is 10.2. The molecule has 3 rings (SSSR count). The highest BCUT2D eigenvalue weighted by atomic mass is 32.2. The monoisotopic (exact) mass is 321 g/mol. The highest BCUT2D eigenvalue weighted by Gasteiger charge is 2.36. The summed E-state index contributed by atoms with van der Waals surface area (Å²) in [6.45, 7) is 0.598. The first-order chi connectivity index (χ1) is 10.1. The first-order valence-corrected chi connectivity index (χ1v) is 9.70. The summed E-state index contributed by atoms with van der Waals surface area (Å²) < 4.78 is 27.1. The third-order valence-electron chi connectivity index (χ3n) is 3.66. The average molecular weight is 321 g/mol. The number of hydrogen-bond donors (Lipinski definition) is 0. The second-order valence-electron chi connectivity index (χ2n) is 5.41. The van der Waals surface area contributed by atoms with E-state index in [1.807, 2.05) is 41.8 Å². The van der Waals surface area contributed by atoms with E-state index in [4.69, 9.17) is 0 Å². The predicted octanol–water partition coefficient (Wildman–Crippen LogP) is 3.29. The van der Waals surface area contributed by atoms with Gasteiger partial charge in [-0.15, -0.1) is 11.3 Å². The van der Waals surface area contributed by atoms with Crippen molar-refractivity contribution in [2.24, 2.45) is 0 Å². The lowest BCUT2D eigenvalue weighted by molar-refractivity contribution is 0.407. The maximum Gasteiger partial charge on any atom is 0.218 e. The molecule has 0 amide bonds. The van der Waals surface area contributed by atoms with E-state index in [0.29, 0.717) is 6.54 Å². The van der Waals surface area contributed by atoms with Gasteiger partial charge in [0.1, 0.15) is 0 Å². The van der Waals surface area contributed by atoms with Crippen molar-refractivity contribution in [1.29, 1.82) is 0 Å². The summed E-state index contributed by atoms with van der Waals surface area (Å²) in [5.74, 6) is 0.106. The second-order valence-corrected chi connectivity index (χ2v) is 8.37. The minimum Gasteiger partial charge on any atom is -0.212 e. The Hall–Kier alpha value is -1.17. The Balaban J connectivity index is 1.70. The van der Waals surface area contributed by atoms with Crippen LogP contribution in [0, 0.1) is 0 Å². The zero-order valence-corrected chi connectivity index (χ0v) is 13.4. The maximum atomic E-state index is 12.7. The third kappa shape index (κ3) is 3.93. The van der Waals surface area contributed by atoms with Gasteiger partial charge in [-0.05, 0) is 36.3 Å². The van der Waals surface area contributed by atoms with Gasteiger partial charge in [-0.1, -0.05) is 36.4 Å². The Morgan fingerprint density at radius 3 is 2.48 bits per heavy atom. The number of benzene rings is 1. The predicted molar refractivity (Wildman–Crippen MR) is 86.8 cm³/mol. The summed E-state index contributed by atoms with van der Waals surface area (Å²) in [7, 11) is -3.23. The van der Waals surface area contributed by atoms with Crippen molar-refractivity contribution >= 4 is 21.4 Å². The molecule has 0 spiro atoms. The number of thiophene rings is 1. The molecular weight excluding hydrogens is 302 g/mol. The topological polar surface area (TPSA) is 37.4 Å². The van der Waals surface area contributed by atoms with E-state index in [0.717, 1.165) is 24.8 Å². The lowest BCUT2D eigenvalue weighted by Gasteiger charge is -2.21. The summed E-state index contributed by atoms with van der Waals surface area (Å²) in [6, 6.07) is 13.7. The quantitative estimate of drug-likeness (QED) is 0.785. The highest BCUT2D eigenvalue weighted by molar-refractivity contribution is 7.88. The number of rotatable bonds is 7. The number of nitrogens with zero attached hydrogens (tertiary/aromatic N) is 1. The molecule has 21 heavy (non-hydrogen) atoms. The zero-order chi connectivity index (χ0) is 14.7. The van der Waals surface area contributed by atoms with E-state index < -0.39 is 10.0 Å². The Labute approximate surface area is 130 Å². The molecule has 0 aliphatic heterocycles. The highest BCUT2D eigenvalue weighted by Crippen LogP contribution is 2.31. The molecule has 0 radical (unpaired) electrons. The molecule has 0 unspecified atom stereocenters. The Morgan fingerprint density at radius 2 is 1.86 bits per heavy atom. The largest absolute Gasteiger partial charge is 0.218 e. The van der Waals surface area contributed by atoms with Crippen LogP contribution in [0.5, 0.6) is 0 Å². The van der Waals surface area contributed by atoms with Crippen LogP contribution >= 0.6 is 11.3 Å². The Morgan fingerprint density at radius 1 is 1.10 bits per heavy atom. The molecule has 1 aromatic carbocycles. The van der Waals surface area contributed by atoms with Crippen molar-refractivity contribution in [3.8, 4) is 0 Å². The first-order valence-electron chi connectivity index (χ1n) is 7.21. The van der Waals surface area contributed by atoms with E-state index in [9.17, 15) is 8.42 Å². The van der Waals surface area contributed by atoms with Gasteiger partial charge in [0.2, 0.25) is 10.0 Å². The van der Waals surface area contributed by atoms with Crippen molar-refractivity contribution in [3.63, 3.8) is 0 Å². The van der Waals surface area contributed by atoms with E-state index in [1.54, 1.807) is 15.6 Å². The van der Waals surface area contributed by atoms with E-state index in [-0.39, 0.29) is 11.8 Å². The van der Waals surface area contributed by atoms with Gasteiger partial charge in [-0.3, -0.25) is 0 Å². The van der Waals surface area contributed by atoms with Crippen LogP contribution in [0.25, 0.3) is 0 Å². The molecule has 1 aliphatic carbocycles. The standard InChI is InChI=1S/C16H19NO2S2/c18-21(19,13-14-5-2-1-3-6-14)17(15-8-9-15)11-10-16-7-4-12-20-16/h1-7,12,15H,8-11,13H2. The second kappa shape index (κ2) is 6.30. The van der Waals surface area contributed by atoms with Gasteiger partial charge in [-0.2, -0.15) is 4.31 Å². The van der Waals surface area contributed by atoms with Crippen molar-refractivity contribution < 1.29 is 8.42 Å². The van der Waals surface area contributed by atoms with Crippen LogP contribution in [0.1, 0.15) is 23.3 Å². The lowest BCUT2D eigenvalue weighted by Crippen LogP contribution is -2.35. The van der Waals surface area contributed by atoms with Crippen molar-refractivity contribution in [2.75, 3.05) is 6.54 Å². The van der Waals surface area contributed by atoms with Crippen LogP contribution in [-0.2, 0) is 22.2 Å². The number of sulfonamides is 1. The molecule has 1 fully saturated rings. The van der Waals surface area contributed by atoms with Crippen molar-refractivity contribution in [2.45, 2.75) is 31.1 Å². The van der Waals surface area contributed by atoms with Crippen molar-refractivity contribution in [1.82, 2.24) is 4.31 Å². The van der Waals surface area contributed by atoms with Gasteiger partial charge in [0.05, 0.1) is 5.75 Å². The molecule has 2 aromatic rings. The van der Waals surface area contributed by atoms with Crippen LogP contribution < -0.4 is 0 Å². The molecule has 0 saturated heterocycles. The third-order valence-corrected chi connectivity index (χ3v) is 6.49. The van der Waals surface area contributed by atoms with Crippen LogP contribution in [0.15, 0.2) is 47.8 Å². The van der Waals surface area contributed by atoms with Gasteiger partial charge in [0, 0.05) is 17.5 Å². The van der Waals surface area contributed by atoms with E-state index >= 15 is 0 Å². The summed E-state index contributed by atoms with van der Waals surface area (Å²) in [5.41, 5.74) is 0.860. The molecule has 1 heterocycles. The van der Waals surface area contributed by atoms with Crippen molar-refractivity contribution in [3.05, 3.63) is 58.3 Å².